The first-order valence-corrected chi connectivity index (χ1v) is 4.54. The van der Waals surface area contributed by atoms with E-state index in [9.17, 15) is 0 Å². The maximum atomic E-state index is 8.48. The van der Waals surface area contributed by atoms with Crippen LogP contribution in [0.15, 0.2) is 12.5 Å². The Morgan fingerprint density at radius 1 is 1.50 bits per heavy atom. The number of aromatic nitrogens is 3. The number of fused-ring (bicyclic) bond motifs is 1. The normalized spacial score (nSPS) is 10.3. The number of nitriles is 1. The lowest BCUT2D eigenvalue weighted by Crippen LogP contribution is -1.85. The first-order chi connectivity index (χ1) is 6.83. The molecule has 0 atom stereocenters. The smallest absolute Gasteiger partial charge is 0.142 e. The van der Waals surface area contributed by atoms with Gasteiger partial charge in [-0.1, -0.05) is 11.6 Å². The Kier molecular flexibility index (Phi) is 2.33. The van der Waals surface area contributed by atoms with Crippen LogP contribution in [0.25, 0.3) is 11.0 Å². The highest BCUT2D eigenvalue weighted by Crippen LogP contribution is 2.23. The first kappa shape index (κ1) is 8.97. The van der Waals surface area contributed by atoms with Gasteiger partial charge in [0.15, 0.2) is 0 Å². The van der Waals surface area contributed by atoms with Gasteiger partial charge in [0.2, 0.25) is 0 Å². The Labute approximate surface area is 85.6 Å². The fraction of sp³-hybridized carbons (Fsp3) is 0.222. The molecule has 70 valence electrons. The summed E-state index contributed by atoms with van der Waals surface area (Å²) < 4.78 is 0. The van der Waals surface area contributed by atoms with Crippen LogP contribution in [-0.4, -0.2) is 15.0 Å². The fourth-order valence-corrected chi connectivity index (χ4v) is 1.63. The van der Waals surface area contributed by atoms with Crippen LogP contribution in [0.3, 0.4) is 0 Å². The van der Waals surface area contributed by atoms with E-state index < -0.39 is 0 Å². The van der Waals surface area contributed by atoms with Gasteiger partial charge in [0.25, 0.3) is 0 Å². The van der Waals surface area contributed by atoms with Crippen LogP contribution < -0.4 is 0 Å². The zero-order valence-corrected chi connectivity index (χ0v) is 8.04. The van der Waals surface area contributed by atoms with Crippen molar-refractivity contribution in [3.8, 4) is 6.07 Å². The number of hydrogen-bond donors (Lipinski definition) is 1. The van der Waals surface area contributed by atoms with E-state index in [0.717, 1.165) is 16.6 Å². The standard InChI is InChI=1S/C9H7ClN4/c10-8-7-6(2-1-3-11)4-12-9(7)14-5-13-8/h4-5H,1-2H2,(H,12,13,14). The van der Waals surface area contributed by atoms with Crippen molar-refractivity contribution in [2.24, 2.45) is 0 Å². The molecule has 0 amide bonds. The second kappa shape index (κ2) is 3.64. The van der Waals surface area contributed by atoms with Gasteiger partial charge in [-0.05, 0) is 12.0 Å². The summed E-state index contributed by atoms with van der Waals surface area (Å²) in [7, 11) is 0. The predicted molar refractivity (Wildman–Crippen MR) is 52.8 cm³/mol. The van der Waals surface area contributed by atoms with Gasteiger partial charge in [-0.2, -0.15) is 5.26 Å². The summed E-state index contributed by atoms with van der Waals surface area (Å²) in [4.78, 5) is 10.9. The molecule has 0 spiro atoms. The molecule has 4 nitrogen and oxygen atoms in total. The third-order valence-electron chi connectivity index (χ3n) is 2.01. The van der Waals surface area contributed by atoms with Crippen LogP contribution in [-0.2, 0) is 6.42 Å². The van der Waals surface area contributed by atoms with Crippen molar-refractivity contribution in [2.45, 2.75) is 12.8 Å². The second-order valence-electron chi connectivity index (χ2n) is 2.86. The molecule has 2 aromatic rings. The van der Waals surface area contributed by atoms with Crippen molar-refractivity contribution < 1.29 is 0 Å². The average molecular weight is 207 g/mol. The van der Waals surface area contributed by atoms with Crippen molar-refractivity contribution in [3.63, 3.8) is 0 Å². The number of nitrogens with zero attached hydrogens (tertiary/aromatic N) is 3. The van der Waals surface area contributed by atoms with Crippen LogP contribution >= 0.6 is 11.6 Å². The van der Waals surface area contributed by atoms with Gasteiger partial charge in [-0.3, -0.25) is 0 Å². The molecule has 1 N–H and O–H groups in total. The maximum absolute atomic E-state index is 8.48. The number of aromatic amines is 1. The van der Waals surface area contributed by atoms with E-state index >= 15 is 0 Å². The minimum absolute atomic E-state index is 0.434. The SMILES string of the molecule is N#CCCc1c[nH]c2ncnc(Cl)c12. The molecule has 0 aliphatic heterocycles. The number of aryl methyl sites for hydroxylation is 1. The van der Waals surface area contributed by atoms with Crippen LogP contribution in [0, 0.1) is 11.3 Å². The summed E-state index contributed by atoms with van der Waals surface area (Å²) in [5.41, 5.74) is 1.71. The molecule has 2 heterocycles. The number of halogens is 1. The molecule has 2 aromatic heterocycles. The molecule has 0 aliphatic rings. The Bertz CT molecular complexity index is 497. The van der Waals surface area contributed by atoms with E-state index in [4.69, 9.17) is 16.9 Å². The highest BCUT2D eigenvalue weighted by atomic mass is 35.5. The van der Waals surface area contributed by atoms with E-state index in [0.29, 0.717) is 18.0 Å². The zero-order chi connectivity index (χ0) is 9.97. The van der Waals surface area contributed by atoms with Crippen molar-refractivity contribution in [2.75, 3.05) is 0 Å². The molecule has 0 unspecified atom stereocenters. The number of H-pyrrole nitrogens is 1. The lowest BCUT2D eigenvalue weighted by atomic mass is 10.1. The summed E-state index contributed by atoms with van der Waals surface area (Å²) in [5.74, 6) is 0. The Morgan fingerprint density at radius 2 is 2.36 bits per heavy atom. The molecule has 0 bridgehead atoms. The number of rotatable bonds is 2. The van der Waals surface area contributed by atoms with Gasteiger partial charge in [0.1, 0.15) is 17.1 Å². The Morgan fingerprint density at radius 3 is 3.14 bits per heavy atom. The van der Waals surface area contributed by atoms with E-state index in [1.165, 1.54) is 6.33 Å². The van der Waals surface area contributed by atoms with E-state index in [1.54, 1.807) is 0 Å². The molecule has 0 radical (unpaired) electrons. The van der Waals surface area contributed by atoms with E-state index in [1.807, 2.05) is 6.20 Å². The zero-order valence-electron chi connectivity index (χ0n) is 7.29. The minimum Gasteiger partial charge on any atom is -0.346 e. The molecule has 14 heavy (non-hydrogen) atoms. The van der Waals surface area contributed by atoms with Gasteiger partial charge < -0.3 is 4.98 Å². The van der Waals surface area contributed by atoms with Crippen LogP contribution in [0.2, 0.25) is 5.15 Å². The van der Waals surface area contributed by atoms with Crippen LogP contribution in [0.5, 0.6) is 0 Å². The first-order valence-electron chi connectivity index (χ1n) is 4.16. The molecule has 0 fully saturated rings. The predicted octanol–water partition coefficient (Wildman–Crippen LogP) is 2.07. The highest BCUT2D eigenvalue weighted by Gasteiger charge is 2.08. The van der Waals surface area contributed by atoms with Crippen molar-refractivity contribution in [1.29, 1.82) is 5.26 Å². The van der Waals surface area contributed by atoms with Crippen molar-refractivity contribution in [1.82, 2.24) is 15.0 Å². The topological polar surface area (TPSA) is 65.4 Å². The van der Waals surface area contributed by atoms with Crippen molar-refractivity contribution >= 4 is 22.6 Å². The highest BCUT2D eigenvalue weighted by molar-refractivity contribution is 6.34. The van der Waals surface area contributed by atoms with Gasteiger partial charge in [0, 0.05) is 12.6 Å². The molecule has 0 saturated heterocycles. The minimum atomic E-state index is 0.434. The lowest BCUT2D eigenvalue weighted by molar-refractivity contribution is 1.02. The van der Waals surface area contributed by atoms with E-state index in [2.05, 4.69) is 21.0 Å². The molecular weight excluding hydrogens is 200 g/mol. The molecular formula is C9H7ClN4. The van der Waals surface area contributed by atoms with Gasteiger partial charge in [0.05, 0.1) is 11.5 Å². The average Bonchev–Trinajstić information content (AvgIpc) is 2.59. The molecule has 0 aromatic carbocycles. The lowest BCUT2D eigenvalue weighted by Gasteiger charge is -1.95. The van der Waals surface area contributed by atoms with E-state index in [-0.39, 0.29) is 0 Å². The Balaban J connectivity index is 2.51. The summed E-state index contributed by atoms with van der Waals surface area (Å²) >= 11 is 5.93. The second-order valence-corrected chi connectivity index (χ2v) is 3.22. The third-order valence-corrected chi connectivity index (χ3v) is 2.30. The van der Waals surface area contributed by atoms with Gasteiger partial charge in [-0.15, -0.1) is 0 Å². The fourth-order valence-electron chi connectivity index (χ4n) is 1.37. The monoisotopic (exact) mass is 206 g/mol. The third kappa shape index (κ3) is 1.42. The molecule has 5 heteroatoms. The number of hydrogen-bond acceptors (Lipinski definition) is 3. The summed E-state index contributed by atoms with van der Waals surface area (Å²) in [6.07, 6.45) is 4.37. The maximum Gasteiger partial charge on any atom is 0.142 e. The Hall–Kier alpha value is -1.60. The molecule has 2 rings (SSSR count). The quantitative estimate of drug-likeness (QED) is 0.765. The largest absolute Gasteiger partial charge is 0.346 e. The van der Waals surface area contributed by atoms with Gasteiger partial charge >= 0.3 is 0 Å². The summed E-state index contributed by atoms with van der Waals surface area (Å²) in [6.45, 7) is 0. The summed E-state index contributed by atoms with van der Waals surface area (Å²) in [6, 6.07) is 2.09. The molecule has 0 aliphatic carbocycles. The van der Waals surface area contributed by atoms with Crippen LogP contribution in [0.4, 0.5) is 0 Å². The number of nitrogens with one attached hydrogen (secondary N) is 1. The summed E-state index contributed by atoms with van der Waals surface area (Å²) in [5, 5.41) is 9.74. The van der Waals surface area contributed by atoms with Gasteiger partial charge in [-0.25, -0.2) is 9.97 Å². The molecule has 0 saturated carbocycles. The van der Waals surface area contributed by atoms with Crippen molar-refractivity contribution in [3.05, 3.63) is 23.2 Å². The van der Waals surface area contributed by atoms with Crippen LogP contribution in [0.1, 0.15) is 12.0 Å².